The summed E-state index contributed by atoms with van der Waals surface area (Å²) in [6.07, 6.45) is 0.463. The van der Waals surface area contributed by atoms with Crippen LogP contribution in [0.15, 0.2) is 54.6 Å². The molecule has 0 aliphatic carbocycles. The molecule has 4 rings (SSSR count). The lowest BCUT2D eigenvalue weighted by Crippen LogP contribution is -2.46. The van der Waals surface area contributed by atoms with E-state index in [1.54, 1.807) is 24.3 Å². The van der Waals surface area contributed by atoms with E-state index in [1.165, 1.54) is 0 Å². The molecule has 1 fully saturated rings. The van der Waals surface area contributed by atoms with E-state index in [1.807, 2.05) is 83.4 Å². The first-order valence-electron chi connectivity index (χ1n) is 15.7. The maximum Gasteiger partial charge on any atom is 0.308 e. The molecule has 0 spiro atoms. The fourth-order valence-corrected chi connectivity index (χ4v) is 6.08. The maximum absolute atomic E-state index is 15.1. The number of aliphatic hydroxyl groups excluding tert-OH is 1. The van der Waals surface area contributed by atoms with Crippen molar-refractivity contribution >= 4 is 17.6 Å². The van der Waals surface area contributed by atoms with Crippen LogP contribution in [0.5, 0.6) is 0 Å². The van der Waals surface area contributed by atoms with Gasteiger partial charge in [0.1, 0.15) is 12.3 Å². The molecule has 244 valence electrons. The maximum atomic E-state index is 15.1. The Hall–Kier alpha value is -3.53. The van der Waals surface area contributed by atoms with Crippen molar-refractivity contribution in [2.45, 2.75) is 117 Å². The Balaban J connectivity index is 1.68. The van der Waals surface area contributed by atoms with E-state index in [0.717, 1.165) is 16.8 Å². The highest BCUT2D eigenvalue weighted by molar-refractivity contribution is 6.10. The van der Waals surface area contributed by atoms with Crippen LogP contribution in [-0.2, 0) is 38.8 Å². The second-order valence-corrected chi connectivity index (χ2v) is 13.4. The van der Waals surface area contributed by atoms with Gasteiger partial charge in [-0.15, -0.1) is 0 Å². The van der Waals surface area contributed by atoms with E-state index in [0.29, 0.717) is 41.9 Å². The highest BCUT2D eigenvalue weighted by Crippen LogP contribution is 2.39. The topological polar surface area (TPSA) is 99.0 Å². The third kappa shape index (κ3) is 8.81. The molecule has 1 amide bonds. The number of aromatic nitrogens is 1. The summed E-state index contributed by atoms with van der Waals surface area (Å²) in [6, 6.07) is 16.4. The number of esters is 1. The van der Waals surface area contributed by atoms with E-state index in [-0.39, 0.29) is 43.0 Å². The average Bonchev–Trinajstić information content (AvgIpc) is 3.30. The molecule has 1 aliphatic rings. The highest BCUT2D eigenvalue weighted by atomic mass is 19.1. The molecule has 2 aromatic carbocycles. The first-order valence-corrected chi connectivity index (χ1v) is 15.7. The first kappa shape index (κ1) is 34.3. The number of anilines is 1. The molecule has 8 nitrogen and oxygen atoms in total. The number of halogens is 1. The molecule has 45 heavy (non-hydrogen) atoms. The average molecular weight is 623 g/mol. The minimum atomic E-state index is -0.915. The lowest BCUT2D eigenvalue weighted by molar-refractivity contribution is -0.301. The smallest absolute Gasteiger partial charge is 0.308 e. The predicted octanol–water partition coefficient (Wildman–Crippen LogP) is 7.52. The van der Waals surface area contributed by atoms with Crippen LogP contribution in [0, 0.1) is 0 Å². The minimum Gasteiger partial charge on any atom is -0.460 e. The van der Waals surface area contributed by atoms with Crippen LogP contribution < -0.4 is 5.32 Å². The fraction of sp³-hybridized carbons (Fsp3) is 0.500. The summed E-state index contributed by atoms with van der Waals surface area (Å²) < 4.78 is 34.9. The van der Waals surface area contributed by atoms with E-state index >= 15 is 4.39 Å². The van der Waals surface area contributed by atoms with Crippen LogP contribution in [0.25, 0.3) is 11.1 Å². The Labute approximate surface area is 265 Å². The summed E-state index contributed by atoms with van der Waals surface area (Å²) in [4.78, 5) is 26.6. The van der Waals surface area contributed by atoms with Crippen molar-refractivity contribution in [3.8, 4) is 11.1 Å². The van der Waals surface area contributed by atoms with Gasteiger partial charge in [0.25, 0.3) is 5.91 Å². The molecule has 0 radical (unpaired) electrons. The van der Waals surface area contributed by atoms with Gasteiger partial charge in [-0.25, -0.2) is 4.39 Å². The van der Waals surface area contributed by atoms with Gasteiger partial charge >= 0.3 is 5.97 Å². The van der Waals surface area contributed by atoms with E-state index in [4.69, 9.17) is 14.2 Å². The van der Waals surface area contributed by atoms with E-state index < -0.39 is 18.1 Å². The Morgan fingerprint density at radius 1 is 1.07 bits per heavy atom. The second kappa shape index (κ2) is 14.3. The van der Waals surface area contributed by atoms with Crippen molar-refractivity contribution in [2.75, 3.05) is 5.32 Å². The van der Waals surface area contributed by atoms with Gasteiger partial charge in [0.05, 0.1) is 36.5 Å². The number of aliphatic hydroxyl groups is 1. The Kier molecular flexibility index (Phi) is 10.9. The highest BCUT2D eigenvalue weighted by Gasteiger charge is 2.38. The molecule has 2 heterocycles. The molecule has 9 heteroatoms. The number of nitrogens with one attached hydrogen (secondary N) is 1. The second-order valence-electron chi connectivity index (χ2n) is 13.4. The molecule has 3 aromatic rings. The Bertz CT molecular complexity index is 1460. The molecule has 1 aliphatic heterocycles. The van der Waals surface area contributed by atoms with Gasteiger partial charge in [-0.3, -0.25) is 9.59 Å². The number of ether oxygens (including phenoxy) is 3. The standard InChI is InChI=1S/C36H47FN2O6/c1-23(2)33-32(34(42)38-26-15-13-24(22-40)14-16-26)31(25-11-9-8-10-12-25)29(21-37)39(33)18-17-27-19-28(44-36(6,7)43-27)20-30(41)45-35(3,4)5/h8-16,23,27-28,40H,17-22H2,1-7H3,(H,38,42)/t27-,28-/m1/s1. The normalized spacial score (nSPS) is 18.2. The number of benzene rings is 2. The van der Waals surface area contributed by atoms with Crippen LogP contribution in [0.4, 0.5) is 10.1 Å². The van der Waals surface area contributed by atoms with Crippen molar-refractivity contribution in [1.82, 2.24) is 4.57 Å². The Morgan fingerprint density at radius 3 is 2.29 bits per heavy atom. The third-order valence-electron chi connectivity index (χ3n) is 7.68. The van der Waals surface area contributed by atoms with Crippen LogP contribution >= 0.6 is 0 Å². The summed E-state index contributed by atoms with van der Waals surface area (Å²) in [6.45, 7) is 12.7. The van der Waals surface area contributed by atoms with Gasteiger partial charge in [-0.2, -0.15) is 0 Å². The SMILES string of the molecule is CC(C)c1c(C(=O)Nc2ccc(CO)cc2)c(-c2ccccc2)c(CF)n1CC[C@@H]1C[C@H](CC(=O)OC(C)(C)C)OC(C)(C)O1. The first-order chi connectivity index (χ1) is 21.2. The number of nitrogens with zero attached hydrogens (tertiary/aromatic N) is 1. The summed E-state index contributed by atoms with van der Waals surface area (Å²) in [7, 11) is 0. The van der Waals surface area contributed by atoms with Gasteiger partial charge in [0.2, 0.25) is 0 Å². The van der Waals surface area contributed by atoms with Crippen LogP contribution in [0.2, 0.25) is 0 Å². The van der Waals surface area contributed by atoms with Gasteiger partial charge in [-0.05, 0) is 70.2 Å². The van der Waals surface area contributed by atoms with E-state index in [9.17, 15) is 14.7 Å². The third-order valence-corrected chi connectivity index (χ3v) is 7.68. The number of amides is 1. The molecule has 2 N–H and O–H groups in total. The summed E-state index contributed by atoms with van der Waals surface area (Å²) in [5, 5.41) is 12.4. The number of hydrogen-bond acceptors (Lipinski definition) is 6. The monoisotopic (exact) mass is 622 g/mol. The van der Waals surface area contributed by atoms with Crippen molar-refractivity contribution in [3.05, 3.63) is 77.1 Å². The predicted molar refractivity (Wildman–Crippen MR) is 173 cm³/mol. The molecule has 0 saturated carbocycles. The largest absolute Gasteiger partial charge is 0.460 e. The van der Waals surface area contributed by atoms with Crippen molar-refractivity contribution in [1.29, 1.82) is 0 Å². The summed E-state index contributed by atoms with van der Waals surface area (Å²) in [5.74, 6) is -1.67. The zero-order valence-corrected chi connectivity index (χ0v) is 27.5. The number of hydrogen-bond donors (Lipinski definition) is 2. The minimum absolute atomic E-state index is 0.0949. The van der Waals surface area contributed by atoms with Crippen LogP contribution in [0.1, 0.15) is 101 Å². The lowest BCUT2D eigenvalue weighted by Gasteiger charge is -2.41. The van der Waals surface area contributed by atoms with E-state index in [2.05, 4.69) is 5.32 Å². The number of alkyl halides is 1. The van der Waals surface area contributed by atoms with Crippen molar-refractivity contribution in [2.24, 2.45) is 0 Å². The zero-order valence-electron chi connectivity index (χ0n) is 27.5. The molecule has 0 unspecified atom stereocenters. The number of rotatable bonds is 11. The summed E-state index contributed by atoms with van der Waals surface area (Å²) in [5.41, 5.74) is 3.66. The fourth-order valence-electron chi connectivity index (χ4n) is 6.08. The zero-order chi connectivity index (χ0) is 32.9. The Morgan fingerprint density at radius 2 is 1.71 bits per heavy atom. The molecule has 1 aromatic heterocycles. The molecule has 1 saturated heterocycles. The van der Waals surface area contributed by atoms with Gasteiger partial charge in [-0.1, -0.05) is 56.3 Å². The lowest BCUT2D eigenvalue weighted by atomic mass is 9.96. The van der Waals surface area contributed by atoms with Crippen LogP contribution in [-0.4, -0.2) is 45.1 Å². The molecular weight excluding hydrogens is 575 g/mol. The molecular formula is C36H47FN2O6. The van der Waals surface area contributed by atoms with Crippen molar-refractivity contribution in [3.63, 3.8) is 0 Å². The number of carbonyl (C=O) groups is 2. The quantitative estimate of drug-likeness (QED) is 0.215. The van der Waals surface area contributed by atoms with Gasteiger partial charge in [0.15, 0.2) is 5.79 Å². The molecule has 2 atom stereocenters. The summed E-state index contributed by atoms with van der Waals surface area (Å²) >= 11 is 0. The van der Waals surface area contributed by atoms with Gasteiger partial charge < -0.3 is 29.2 Å². The van der Waals surface area contributed by atoms with Crippen LogP contribution in [0.3, 0.4) is 0 Å². The number of carbonyl (C=O) groups excluding carboxylic acids is 2. The van der Waals surface area contributed by atoms with Gasteiger partial charge in [0, 0.05) is 29.9 Å². The molecule has 0 bridgehead atoms. The van der Waals surface area contributed by atoms with Crippen molar-refractivity contribution < 1.29 is 33.3 Å².